The Morgan fingerprint density at radius 1 is 1.16 bits per heavy atom. The maximum absolute atomic E-state index is 13.4. The van der Waals surface area contributed by atoms with Crippen LogP contribution < -0.4 is 10.1 Å². The van der Waals surface area contributed by atoms with Crippen LogP contribution in [-0.4, -0.2) is 23.4 Å². The van der Waals surface area contributed by atoms with Crippen molar-refractivity contribution in [3.63, 3.8) is 0 Å². The van der Waals surface area contributed by atoms with Gasteiger partial charge in [0, 0.05) is 30.0 Å². The first-order valence-electron chi connectivity index (χ1n) is 10.7. The second kappa shape index (κ2) is 9.00. The number of carbonyl (C=O) groups excluding carboxylic acids is 1. The largest absolute Gasteiger partial charge is 0.493 e. The summed E-state index contributed by atoms with van der Waals surface area (Å²) in [6, 6.07) is 16.6. The number of pyridine rings is 1. The minimum atomic E-state index is -2.53. The minimum absolute atomic E-state index is 0.0635. The molecule has 3 aromatic rings. The molecule has 4 nitrogen and oxygen atoms in total. The summed E-state index contributed by atoms with van der Waals surface area (Å²) in [5.74, 6) is -1.84. The number of carbonyl (C=O) groups is 1. The second-order valence-electron chi connectivity index (χ2n) is 8.25. The van der Waals surface area contributed by atoms with Crippen LogP contribution in [0.5, 0.6) is 5.75 Å². The van der Waals surface area contributed by atoms with E-state index < -0.39 is 5.92 Å². The zero-order valence-corrected chi connectivity index (χ0v) is 17.5. The predicted molar refractivity (Wildman–Crippen MR) is 116 cm³/mol. The molecule has 0 aliphatic heterocycles. The highest BCUT2D eigenvalue weighted by Gasteiger charge is 2.35. The number of nitrogens with one attached hydrogen (secondary N) is 1. The fraction of sp³-hybridized carbons (Fsp3) is 0.360. The van der Waals surface area contributed by atoms with Gasteiger partial charge in [0.05, 0.1) is 18.3 Å². The van der Waals surface area contributed by atoms with E-state index in [-0.39, 0.29) is 30.7 Å². The van der Waals surface area contributed by atoms with Crippen molar-refractivity contribution >= 4 is 16.7 Å². The number of fused-ring (bicyclic) bond motifs is 1. The van der Waals surface area contributed by atoms with Crippen LogP contribution in [0, 0.1) is 5.92 Å². The van der Waals surface area contributed by atoms with Gasteiger partial charge in [0.15, 0.2) is 0 Å². The molecular weight excluding hydrogens is 398 g/mol. The van der Waals surface area contributed by atoms with Gasteiger partial charge in [-0.15, -0.1) is 0 Å². The van der Waals surface area contributed by atoms with Gasteiger partial charge in [0.2, 0.25) is 5.92 Å². The molecule has 1 heterocycles. The zero-order valence-electron chi connectivity index (χ0n) is 17.5. The molecular formula is C25H26F2N2O2. The highest BCUT2D eigenvalue weighted by molar-refractivity contribution is 6.00. The van der Waals surface area contributed by atoms with E-state index in [9.17, 15) is 13.6 Å². The fourth-order valence-electron chi connectivity index (χ4n) is 3.98. The molecule has 4 rings (SSSR count). The van der Waals surface area contributed by atoms with Gasteiger partial charge in [-0.3, -0.25) is 9.78 Å². The van der Waals surface area contributed by atoms with Crippen LogP contribution in [0.2, 0.25) is 0 Å². The average Bonchev–Trinajstić information content (AvgIpc) is 2.78. The van der Waals surface area contributed by atoms with E-state index in [1.54, 1.807) is 12.3 Å². The van der Waals surface area contributed by atoms with E-state index in [2.05, 4.69) is 10.3 Å². The SMILES string of the molecule is CC(NC(=O)c1ccc2c(OCC3CCC(F)(F)CC3)cccc2c1)c1ccccn1. The van der Waals surface area contributed by atoms with Crippen LogP contribution in [0.1, 0.15) is 54.7 Å². The first kappa shape index (κ1) is 21.2. The quantitative estimate of drug-likeness (QED) is 0.534. The van der Waals surface area contributed by atoms with Crippen molar-refractivity contribution in [3.05, 3.63) is 72.1 Å². The fourth-order valence-corrected chi connectivity index (χ4v) is 3.98. The van der Waals surface area contributed by atoms with Gasteiger partial charge in [0.25, 0.3) is 5.91 Å². The van der Waals surface area contributed by atoms with Crippen LogP contribution in [0.4, 0.5) is 8.78 Å². The van der Waals surface area contributed by atoms with Gasteiger partial charge in [-0.25, -0.2) is 8.78 Å². The number of aromatic nitrogens is 1. The molecule has 1 aliphatic rings. The maximum Gasteiger partial charge on any atom is 0.251 e. The smallest absolute Gasteiger partial charge is 0.251 e. The van der Waals surface area contributed by atoms with Crippen molar-refractivity contribution in [1.29, 1.82) is 0 Å². The first-order chi connectivity index (χ1) is 14.9. The van der Waals surface area contributed by atoms with Gasteiger partial charge < -0.3 is 10.1 Å². The Morgan fingerprint density at radius 2 is 1.97 bits per heavy atom. The summed E-state index contributed by atoms with van der Waals surface area (Å²) in [5.41, 5.74) is 1.36. The maximum atomic E-state index is 13.4. The van der Waals surface area contributed by atoms with Crippen molar-refractivity contribution < 1.29 is 18.3 Å². The molecule has 0 saturated heterocycles. The Bertz CT molecular complexity index is 1050. The molecule has 1 aliphatic carbocycles. The Hall–Kier alpha value is -3.02. The highest BCUT2D eigenvalue weighted by atomic mass is 19.3. The molecule has 1 amide bonds. The molecule has 1 aromatic heterocycles. The number of ether oxygens (including phenoxy) is 1. The van der Waals surface area contributed by atoms with Gasteiger partial charge in [-0.1, -0.05) is 18.2 Å². The summed E-state index contributed by atoms with van der Waals surface area (Å²) in [5, 5.41) is 4.77. The van der Waals surface area contributed by atoms with E-state index in [1.165, 1.54) is 0 Å². The second-order valence-corrected chi connectivity index (χ2v) is 8.25. The normalized spacial score (nSPS) is 17.3. The number of halogens is 2. The highest BCUT2D eigenvalue weighted by Crippen LogP contribution is 2.36. The predicted octanol–water partition coefficient (Wildman–Crippen LogP) is 5.93. The summed E-state index contributed by atoms with van der Waals surface area (Å²) in [6.07, 6.45) is 2.54. The molecule has 1 fully saturated rings. The summed E-state index contributed by atoms with van der Waals surface area (Å²) in [6.45, 7) is 2.33. The lowest BCUT2D eigenvalue weighted by molar-refractivity contribution is -0.0498. The van der Waals surface area contributed by atoms with Crippen molar-refractivity contribution in [2.45, 2.75) is 44.6 Å². The van der Waals surface area contributed by atoms with Crippen LogP contribution in [0.3, 0.4) is 0 Å². The van der Waals surface area contributed by atoms with Gasteiger partial charge >= 0.3 is 0 Å². The number of hydrogen-bond donors (Lipinski definition) is 1. The lowest BCUT2D eigenvalue weighted by Crippen LogP contribution is -2.27. The lowest BCUT2D eigenvalue weighted by Gasteiger charge is -2.28. The van der Waals surface area contributed by atoms with E-state index in [1.807, 2.05) is 55.5 Å². The third-order valence-electron chi connectivity index (χ3n) is 5.89. The van der Waals surface area contributed by atoms with Gasteiger partial charge in [0.1, 0.15) is 5.75 Å². The molecule has 6 heteroatoms. The van der Waals surface area contributed by atoms with E-state index in [0.717, 1.165) is 16.5 Å². The van der Waals surface area contributed by atoms with Gasteiger partial charge in [-0.05, 0) is 67.5 Å². The summed E-state index contributed by atoms with van der Waals surface area (Å²) >= 11 is 0. The number of alkyl halides is 2. The Balaban J connectivity index is 1.43. The molecule has 2 aromatic carbocycles. The monoisotopic (exact) mass is 424 g/mol. The van der Waals surface area contributed by atoms with E-state index in [0.29, 0.717) is 30.8 Å². The lowest BCUT2D eigenvalue weighted by atomic mass is 9.87. The third-order valence-corrected chi connectivity index (χ3v) is 5.89. The topological polar surface area (TPSA) is 51.2 Å². The van der Waals surface area contributed by atoms with Crippen molar-refractivity contribution in [1.82, 2.24) is 10.3 Å². The van der Waals surface area contributed by atoms with Crippen molar-refractivity contribution in [3.8, 4) is 5.75 Å². The van der Waals surface area contributed by atoms with Crippen LogP contribution in [0.25, 0.3) is 10.8 Å². The number of amides is 1. The molecule has 1 saturated carbocycles. The zero-order chi connectivity index (χ0) is 21.8. The van der Waals surface area contributed by atoms with Gasteiger partial charge in [-0.2, -0.15) is 0 Å². The number of benzene rings is 2. The Morgan fingerprint density at radius 3 is 2.71 bits per heavy atom. The molecule has 1 N–H and O–H groups in total. The summed E-state index contributed by atoms with van der Waals surface area (Å²) < 4.78 is 32.7. The van der Waals surface area contributed by atoms with Crippen molar-refractivity contribution in [2.75, 3.05) is 6.61 Å². The van der Waals surface area contributed by atoms with Crippen LogP contribution in [0.15, 0.2) is 60.8 Å². The van der Waals surface area contributed by atoms with E-state index >= 15 is 0 Å². The summed E-state index contributed by atoms with van der Waals surface area (Å²) in [7, 11) is 0. The molecule has 1 atom stereocenters. The number of hydrogen-bond acceptors (Lipinski definition) is 3. The van der Waals surface area contributed by atoms with E-state index in [4.69, 9.17) is 4.74 Å². The summed E-state index contributed by atoms with van der Waals surface area (Å²) in [4.78, 5) is 17.0. The van der Waals surface area contributed by atoms with Crippen LogP contribution >= 0.6 is 0 Å². The number of nitrogens with zero attached hydrogens (tertiary/aromatic N) is 1. The standard InChI is InChI=1S/C25H26F2N2O2/c1-17(22-6-2-3-14-28-22)29-24(30)20-8-9-21-19(15-20)5-4-7-23(21)31-16-18-10-12-25(26,27)13-11-18/h2-9,14-15,17-18H,10-13,16H2,1H3,(H,29,30). The number of rotatable bonds is 6. The Kier molecular flexibility index (Phi) is 6.16. The first-order valence-corrected chi connectivity index (χ1v) is 10.7. The molecule has 162 valence electrons. The molecule has 31 heavy (non-hydrogen) atoms. The molecule has 0 radical (unpaired) electrons. The Labute approximate surface area is 180 Å². The minimum Gasteiger partial charge on any atom is -0.493 e. The third kappa shape index (κ3) is 5.19. The van der Waals surface area contributed by atoms with Crippen LogP contribution in [-0.2, 0) is 0 Å². The molecule has 0 spiro atoms. The van der Waals surface area contributed by atoms with Crippen molar-refractivity contribution in [2.24, 2.45) is 5.92 Å². The molecule has 0 bridgehead atoms. The average molecular weight is 424 g/mol. The molecule has 1 unspecified atom stereocenters.